The molecule has 21 heavy (non-hydrogen) atoms. The van der Waals surface area contributed by atoms with Crippen molar-refractivity contribution in [3.63, 3.8) is 0 Å². The molecule has 0 bridgehead atoms. The molecule has 3 rings (SSSR count). The molecule has 0 atom stereocenters. The zero-order valence-electron chi connectivity index (χ0n) is 11.1. The van der Waals surface area contributed by atoms with Crippen LogP contribution in [0.15, 0.2) is 42.5 Å². The largest absolute Gasteiger partial charge is 0.477 e. The first kappa shape index (κ1) is 14.0. The standard InChI is InChI=1S/C16H11Cl2NO2/c1-19-14-11(7-10(17)8-12(14)18)13(15(19)16(20)21)9-5-3-2-4-6-9/h2-8H,1H3,(H,20,21). The Morgan fingerprint density at radius 1 is 1.14 bits per heavy atom. The third-order valence-electron chi connectivity index (χ3n) is 3.47. The summed E-state index contributed by atoms with van der Waals surface area (Å²) < 4.78 is 1.60. The van der Waals surface area contributed by atoms with Crippen LogP contribution in [0.2, 0.25) is 10.0 Å². The molecule has 0 aliphatic carbocycles. The first-order valence-corrected chi connectivity index (χ1v) is 7.02. The van der Waals surface area contributed by atoms with Crippen molar-refractivity contribution in [2.24, 2.45) is 7.05 Å². The van der Waals surface area contributed by atoms with Crippen LogP contribution < -0.4 is 0 Å². The Kier molecular flexibility index (Phi) is 3.40. The second-order valence-corrected chi connectivity index (χ2v) is 5.58. The van der Waals surface area contributed by atoms with Gasteiger partial charge in [-0.3, -0.25) is 0 Å². The van der Waals surface area contributed by atoms with Gasteiger partial charge in [-0.25, -0.2) is 4.79 Å². The highest BCUT2D eigenvalue weighted by atomic mass is 35.5. The van der Waals surface area contributed by atoms with Crippen LogP contribution in [0.4, 0.5) is 0 Å². The predicted octanol–water partition coefficient (Wildman–Crippen LogP) is 4.85. The quantitative estimate of drug-likeness (QED) is 0.733. The van der Waals surface area contributed by atoms with E-state index in [0.717, 1.165) is 10.9 Å². The summed E-state index contributed by atoms with van der Waals surface area (Å²) in [6.45, 7) is 0. The van der Waals surface area contributed by atoms with Crippen molar-refractivity contribution in [1.29, 1.82) is 0 Å². The Bertz CT molecular complexity index is 854. The van der Waals surface area contributed by atoms with Crippen LogP contribution >= 0.6 is 23.2 Å². The van der Waals surface area contributed by atoms with Gasteiger partial charge in [0.1, 0.15) is 5.69 Å². The zero-order valence-corrected chi connectivity index (χ0v) is 12.6. The molecule has 0 spiro atoms. The second kappa shape index (κ2) is 5.10. The zero-order chi connectivity index (χ0) is 15.1. The van der Waals surface area contributed by atoms with Crippen LogP contribution in [-0.2, 0) is 7.05 Å². The van der Waals surface area contributed by atoms with Crippen molar-refractivity contribution in [1.82, 2.24) is 4.57 Å². The number of nitrogens with zero attached hydrogens (tertiary/aromatic N) is 1. The molecule has 0 saturated carbocycles. The molecule has 0 amide bonds. The monoisotopic (exact) mass is 319 g/mol. The number of rotatable bonds is 2. The number of carboxylic acid groups (broad SMARTS) is 1. The van der Waals surface area contributed by atoms with Crippen LogP contribution in [0.1, 0.15) is 10.5 Å². The highest BCUT2D eigenvalue weighted by Crippen LogP contribution is 2.39. The van der Waals surface area contributed by atoms with Gasteiger partial charge in [0.05, 0.1) is 10.5 Å². The molecule has 0 radical (unpaired) electrons. The number of halogens is 2. The molecule has 3 nitrogen and oxygen atoms in total. The molecule has 0 saturated heterocycles. The summed E-state index contributed by atoms with van der Waals surface area (Å²) in [4.78, 5) is 11.7. The summed E-state index contributed by atoms with van der Waals surface area (Å²) in [5.41, 5.74) is 2.31. The van der Waals surface area contributed by atoms with Crippen LogP contribution in [0.25, 0.3) is 22.0 Å². The van der Waals surface area contributed by atoms with Crippen molar-refractivity contribution in [3.05, 3.63) is 58.2 Å². The highest BCUT2D eigenvalue weighted by molar-refractivity contribution is 6.39. The minimum Gasteiger partial charge on any atom is -0.477 e. The number of benzene rings is 2. The molecule has 0 fully saturated rings. The summed E-state index contributed by atoms with van der Waals surface area (Å²) in [5, 5.41) is 11.2. The van der Waals surface area contributed by atoms with Gasteiger partial charge in [-0.15, -0.1) is 0 Å². The third kappa shape index (κ3) is 2.19. The van der Waals surface area contributed by atoms with Gasteiger partial charge >= 0.3 is 5.97 Å². The normalized spacial score (nSPS) is 11.0. The Hall–Kier alpha value is -1.97. The number of aryl methyl sites for hydroxylation is 1. The lowest BCUT2D eigenvalue weighted by Gasteiger charge is -2.03. The number of carboxylic acids is 1. The molecule has 0 aliphatic heterocycles. The van der Waals surface area contributed by atoms with Gasteiger partial charge in [0, 0.05) is 23.0 Å². The van der Waals surface area contributed by atoms with E-state index in [0.29, 0.717) is 21.1 Å². The number of hydrogen-bond donors (Lipinski definition) is 1. The van der Waals surface area contributed by atoms with Crippen molar-refractivity contribution >= 4 is 40.1 Å². The molecule has 3 aromatic rings. The lowest BCUT2D eigenvalue weighted by atomic mass is 10.0. The molecular formula is C16H11Cl2NO2. The fourth-order valence-corrected chi connectivity index (χ4v) is 3.27. The molecule has 1 aromatic heterocycles. The fraction of sp³-hybridized carbons (Fsp3) is 0.0625. The number of carbonyl (C=O) groups is 1. The maximum atomic E-state index is 11.7. The van der Waals surface area contributed by atoms with E-state index in [1.165, 1.54) is 0 Å². The van der Waals surface area contributed by atoms with Crippen molar-refractivity contribution in [2.45, 2.75) is 0 Å². The van der Waals surface area contributed by atoms with Gasteiger partial charge in [0.25, 0.3) is 0 Å². The van der Waals surface area contributed by atoms with Gasteiger partial charge in [0.15, 0.2) is 0 Å². The SMILES string of the molecule is Cn1c(C(=O)O)c(-c2ccccc2)c2cc(Cl)cc(Cl)c21. The second-order valence-electron chi connectivity index (χ2n) is 4.74. The Morgan fingerprint density at radius 3 is 2.43 bits per heavy atom. The van der Waals surface area contributed by atoms with Crippen molar-refractivity contribution in [3.8, 4) is 11.1 Å². The Balaban J connectivity index is 2.52. The number of aromatic nitrogens is 1. The average molecular weight is 320 g/mol. The highest BCUT2D eigenvalue weighted by Gasteiger charge is 2.23. The van der Waals surface area contributed by atoms with E-state index >= 15 is 0 Å². The van der Waals surface area contributed by atoms with E-state index in [1.54, 1.807) is 23.7 Å². The molecule has 1 N–H and O–H groups in total. The average Bonchev–Trinajstić information content (AvgIpc) is 2.72. The van der Waals surface area contributed by atoms with E-state index in [9.17, 15) is 9.90 Å². The van der Waals surface area contributed by atoms with Crippen molar-refractivity contribution < 1.29 is 9.90 Å². The minimum atomic E-state index is -1.00. The van der Waals surface area contributed by atoms with Crippen LogP contribution in [0, 0.1) is 0 Å². The lowest BCUT2D eigenvalue weighted by molar-refractivity contribution is 0.0688. The number of aromatic carboxylic acids is 1. The molecule has 0 aliphatic rings. The number of fused-ring (bicyclic) bond motifs is 1. The summed E-state index contributed by atoms with van der Waals surface area (Å²) in [5.74, 6) is -1.00. The molecule has 5 heteroatoms. The molecular weight excluding hydrogens is 309 g/mol. The molecule has 0 unspecified atom stereocenters. The van der Waals surface area contributed by atoms with Gasteiger partial charge in [-0.05, 0) is 17.7 Å². The van der Waals surface area contributed by atoms with Gasteiger partial charge in [-0.1, -0.05) is 53.5 Å². The van der Waals surface area contributed by atoms with Gasteiger partial charge in [-0.2, -0.15) is 0 Å². The maximum Gasteiger partial charge on any atom is 0.353 e. The van der Waals surface area contributed by atoms with Crippen LogP contribution in [0.3, 0.4) is 0 Å². The third-order valence-corrected chi connectivity index (χ3v) is 3.98. The fourth-order valence-electron chi connectivity index (χ4n) is 2.65. The Morgan fingerprint density at radius 2 is 1.81 bits per heavy atom. The van der Waals surface area contributed by atoms with Crippen LogP contribution in [0.5, 0.6) is 0 Å². The summed E-state index contributed by atoms with van der Waals surface area (Å²) >= 11 is 12.3. The maximum absolute atomic E-state index is 11.7. The van der Waals surface area contributed by atoms with Gasteiger partial charge < -0.3 is 9.67 Å². The first-order chi connectivity index (χ1) is 10.0. The number of hydrogen-bond acceptors (Lipinski definition) is 1. The molecule has 2 aromatic carbocycles. The molecule has 106 valence electrons. The lowest BCUT2D eigenvalue weighted by Crippen LogP contribution is -2.05. The summed E-state index contributed by atoms with van der Waals surface area (Å²) in [6.07, 6.45) is 0. The topological polar surface area (TPSA) is 42.2 Å². The van der Waals surface area contributed by atoms with Gasteiger partial charge in [0.2, 0.25) is 0 Å². The first-order valence-electron chi connectivity index (χ1n) is 6.27. The van der Waals surface area contributed by atoms with Crippen LogP contribution in [-0.4, -0.2) is 15.6 Å². The van der Waals surface area contributed by atoms with E-state index in [1.807, 2.05) is 30.3 Å². The Labute approximate surface area is 131 Å². The van der Waals surface area contributed by atoms with E-state index in [2.05, 4.69) is 0 Å². The summed E-state index contributed by atoms with van der Waals surface area (Å²) in [7, 11) is 1.69. The van der Waals surface area contributed by atoms with E-state index in [-0.39, 0.29) is 5.69 Å². The minimum absolute atomic E-state index is 0.195. The smallest absolute Gasteiger partial charge is 0.353 e. The predicted molar refractivity (Wildman–Crippen MR) is 85.3 cm³/mol. The summed E-state index contributed by atoms with van der Waals surface area (Å²) in [6, 6.07) is 12.7. The van der Waals surface area contributed by atoms with E-state index < -0.39 is 5.97 Å². The molecule has 1 heterocycles. The van der Waals surface area contributed by atoms with E-state index in [4.69, 9.17) is 23.2 Å². The van der Waals surface area contributed by atoms with Crippen molar-refractivity contribution in [2.75, 3.05) is 0 Å².